The van der Waals surface area contributed by atoms with Crippen LogP contribution in [0.25, 0.3) is 0 Å². The van der Waals surface area contributed by atoms with Crippen LogP contribution in [0.4, 0.5) is 0 Å². The van der Waals surface area contributed by atoms with Gasteiger partial charge in [-0.3, -0.25) is 9.69 Å². The molecule has 0 atom stereocenters. The minimum atomic E-state index is -0.0404. The van der Waals surface area contributed by atoms with Crippen molar-refractivity contribution >= 4 is 18.5 Å². The Morgan fingerprint density at radius 3 is 2.44 bits per heavy atom. The van der Waals surface area contributed by atoms with Crippen LogP contribution in [-0.2, 0) is 4.79 Å². The Bertz CT molecular complexity index is 360. The molecule has 88 valence electrons. The summed E-state index contributed by atoms with van der Waals surface area (Å²) in [6.07, 6.45) is 0. The predicted molar refractivity (Wildman–Crippen MR) is 63.9 cm³/mol. The van der Waals surface area contributed by atoms with E-state index >= 15 is 0 Å². The van der Waals surface area contributed by atoms with Gasteiger partial charge in [-0.25, -0.2) is 0 Å². The van der Waals surface area contributed by atoms with Crippen LogP contribution in [-0.4, -0.2) is 60.5 Å². The first-order chi connectivity index (χ1) is 7.66. The van der Waals surface area contributed by atoms with E-state index in [-0.39, 0.29) is 5.91 Å². The zero-order valence-electron chi connectivity index (χ0n) is 9.02. The van der Waals surface area contributed by atoms with Gasteiger partial charge in [0.1, 0.15) is 5.70 Å². The van der Waals surface area contributed by atoms with Gasteiger partial charge in [0.25, 0.3) is 5.91 Å². The highest BCUT2D eigenvalue weighted by Gasteiger charge is 2.42. The Morgan fingerprint density at radius 1 is 1.31 bits per heavy atom. The third kappa shape index (κ3) is 1.44. The van der Waals surface area contributed by atoms with E-state index in [0.29, 0.717) is 29.2 Å². The SMILES string of the molecule is NC1=C(S)CN(C2CN(C3CNC3)C2)C1=O. The van der Waals surface area contributed by atoms with Gasteiger partial charge in [-0.1, -0.05) is 0 Å². The third-order valence-electron chi connectivity index (χ3n) is 3.73. The van der Waals surface area contributed by atoms with Gasteiger partial charge in [0.05, 0.1) is 12.6 Å². The van der Waals surface area contributed by atoms with Crippen molar-refractivity contribution in [2.24, 2.45) is 5.73 Å². The molecule has 0 saturated carbocycles. The number of hydrogen-bond donors (Lipinski definition) is 3. The Morgan fingerprint density at radius 2 is 2.00 bits per heavy atom. The molecule has 3 N–H and O–H groups in total. The number of hydrogen-bond acceptors (Lipinski definition) is 5. The topological polar surface area (TPSA) is 61.6 Å². The Labute approximate surface area is 100 Å². The molecule has 0 radical (unpaired) electrons. The Balaban J connectivity index is 1.56. The fourth-order valence-electron chi connectivity index (χ4n) is 2.41. The second-order valence-corrected chi connectivity index (χ2v) is 5.25. The van der Waals surface area contributed by atoms with E-state index in [1.807, 2.05) is 4.90 Å². The molecule has 2 saturated heterocycles. The number of thiol groups is 1. The van der Waals surface area contributed by atoms with E-state index in [1.165, 1.54) is 0 Å². The van der Waals surface area contributed by atoms with Crippen molar-refractivity contribution in [3.05, 3.63) is 10.6 Å². The van der Waals surface area contributed by atoms with Gasteiger partial charge in [0, 0.05) is 37.1 Å². The maximum absolute atomic E-state index is 11.8. The first-order valence-corrected chi connectivity index (χ1v) is 6.05. The number of carbonyl (C=O) groups excluding carboxylic acids is 1. The summed E-state index contributed by atoms with van der Waals surface area (Å²) < 4.78 is 0. The smallest absolute Gasteiger partial charge is 0.271 e. The number of amides is 1. The lowest BCUT2D eigenvalue weighted by atomic mass is 10.0. The monoisotopic (exact) mass is 240 g/mol. The number of nitrogens with two attached hydrogens (primary N) is 1. The molecule has 0 bridgehead atoms. The predicted octanol–water partition coefficient (Wildman–Crippen LogP) is -1.42. The average molecular weight is 240 g/mol. The van der Waals surface area contributed by atoms with Crippen LogP contribution in [0.15, 0.2) is 10.6 Å². The molecule has 3 aliphatic rings. The molecule has 0 spiro atoms. The normalized spacial score (nSPS) is 28.6. The molecular weight excluding hydrogens is 224 g/mol. The van der Waals surface area contributed by atoms with Crippen LogP contribution in [0.2, 0.25) is 0 Å². The number of rotatable bonds is 2. The molecule has 0 aromatic rings. The first-order valence-electron chi connectivity index (χ1n) is 5.60. The zero-order valence-corrected chi connectivity index (χ0v) is 9.91. The highest BCUT2D eigenvalue weighted by Crippen LogP contribution is 2.26. The van der Waals surface area contributed by atoms with Crippen molar-refractivity contribution in [1.82, 2.24) is 15.1 Å². The van der Waals surface area contributed by atoms with Gasteiger partial charge in [-0.2, -0.15) is 0 Å². The van der Waals surface area contributed by atoms with Crippen molar-refractivity contribution < 1.29 is 4.79 Å². The largest absolute Gasteiger partial charge is 0.394 e. The summed E-state index contributed by atoms with van der Waals surface area (Å²) in [7, 11) is 0. The number of nitrogens with zero attached hydrogens (tertiary/aromatic N) is 2. The molecule has 5 nitrogen and oxygen atoms in total. The fourth-order valence-corrected chi connectivity index (χ4v) is 2.65. The molecular formula is C10H16N4OS. The summed E-state index contributed by atoms with van der Waals surface area (Å²) in [5, 5.41) is 3.25. The van der Waals surface area contributed by atoms with Crippen LogP contribution >= 0.6 is 12.6 Å². The number of nitrogens with one attached hydrogen (secondary N) is 1. The van der Waals surface area contributed by atoms with Crippen LogP contribution in [0.5, 0.6) is 0 Å². The Kier molecular flexibility index (Phi) is 2.38. The van der Waals surface area contributed by atoms with Gasteiger partial charge in [0.2, 0.25) is 0 Å². The van der Waals surface area contributed by atoms with Gasteiger partial charge in [-0.15, -0.1) is 12.6 Å². The van der Waals surface area contributed by atoms with Crippen molar-refractivity contribution in [2.45, 2.75) is 12.1 Å². The molecule has 6 heteroatoms. The van der Waals surface area contributed by atoms with Gasteiger partial charge < -0.3 is 16.0 Å². The third-order valence-corrected chi connectivity index (χ3v) is 4.11. The van der Waals surface area contributed by atoms with Gasteiger partial charge >= 0.3 is 0 Å². The van der Waals surface area contributed by atoms with Crippen molar-refractivity contribution in [3.63, 3.8) is 0 Å². The minimum absolute atomic E-state index is 0.0404. The molecule has 3 heterocycles. The fraction of sp³-hybridized carbons (Fsp3) is 0.700. The summed E-state index contributed by atoms with van der Waals surface area (Å²) in [4.78, 5) is 16.8. The number of likely N-dealkylation sites (tertiary alicyclic amines) is 1. The summed E-state index contributed by atoms with van der Waals surface area (Å²) >= 11 is 4.22. The van der Waals surface area contributed by atoms with Gasteiger partial charge in [0.15, 0.2) is 0 Å². The quantitative estimate of drug-likeness (QED) is 0.519. The second kappa shape index (κ2) is 3.65. The molecule has 3 aliphatic heterocycles. The van der Waals surface area contributed by atoms with E-state index in [9.17, 15) is 4.79 Å². The van der Waals surface area contributed by atoms with Gasteiger partial charge in [-0.05, 0) is 0 Å². The second-order valence-electron chi connectivity index (χ2n) is 4.71. The minimum Gasteiger partial charge on any atom is -0.394 e. The maximum Gasteiger partial charge on any atom is 0.271 e. The summed E-state index contributed by atoms with van der Waals surface area (Å²) in [6.45, 7) is 4.71. The highest BCUT2D eigenvalue weighted by atomic mass is 32.1. The van der Waals surface area contributed by atoms with Crippen LogP contribution in [0.1, 0.15) is 0 Å². The standard InChI is InChI=1S/C10H16N4OS/c11-9-8(16)5-14(10(9)15)7-3-13(4-7)6-1-12-2-6/h6-7,12,16H,1-5,11H2. The van der Waals surface area contributed by atoms with Crippen LogP contribution in [0, 0.1) is 0 Å². The molecule has 0 unspecified atom stereocenters. The molecule has 16 heavy (non-hydrogen) atoms. The first kappa shape index (κ1) is 10.4. The number of carbonyl (C=O) groups is 1. The van der Waals surface area contributed by atoms with E-state index in [1.54, 1.807) is 0 Å². The molecule has 3 rings (SSSR count). The lowest BCUT2D eigenvalue weighted by Gasteiger charge is -2.50. The molecule has 2 fully saturated rings. The lowest BCUT2D eigenvalue weighted by Crippen LogP contribution is -2.69. The van der Waals surface area contributed by atoms with Crippen LogP contribution < -0.4 is 11.1 Å². The highest BCUT2D eigenvalue weighted by molar-refractivity contribution is 7.84. The van der Waals surface area contributed by atoms with Crippen molar-refractivity contribution in [1.29, 1.82) is 0 Å². The summed E-state index contributed by atoms with van der Waals surface area (Å²) in [6, 6.07) is 1.01. The summed E-state index contributed by atoms with van der Waals surface area (Å²) in [5.41, 5.74) is 5.97. The molecule has 0 aromatic heterocycles. The van der Waals surface area contributed by atoms with Crippen LogP contribution in [0.3, 0.4) is 0 Å². The lowest BCUT2D eigenvalue weighted by molar-refractivity contribution is -0.132. The van der Waals surface area contributed by atoms with Crippen molar-refractivity contribution in [3.8, 4) is 0 Å². The molecule has 0 aliphatic carbocycles. The maximum atomic E-state index is 11.8. The average Bonchev–Trinajstić information content (AvgIpc) is 2.36. The Hall–Kier alpha value is -0.720. The summed E-state index contributed by atoms with van der Waals surface area (Å²) in [5.74, 6) is -0.0404. The molecule has 1 amide bonds. The molecule has 0 aromatic carbocycles. The van der Waals surface area contributed by atoms with E-state index in [2.05, 4.69) is 22.8 Å². The van der Waals surface area contributed by atoms with Crippen molar-refractivity contribution in [2.75, 3.05) is 32.7 Å². The van der Waals surface area contributed by atoms with E-state index in [4.69, 9.17) is 5.73 Å². The van der Waals surface area contributed by atoms with E-state index in [0.717, 1.165) is 26.2 Å². The van der Waals surface area contributed by atoms with E-state index < -0.39 is 0 Å². The zero-order chi connectivity index (χ0) is 11.3.